The van der Waals surface area contributed by atoms with Gasteiger partial charge in [0.25, 0.3) is 0 Å². The molecule has 2 aromatic rings. The first kappa shape index (κ1) is 12.2. The molecule has 1 aromatic carbocycles. The van der Waals surface area contributed by atoms with Crippen molar-refractivity contribution in [3.05, 3.63) is 53.7 Å². The molecule has 0 saturated carbocycles. The summed E-state index contributed by atoms with van der Waals surface area (Å²) in [4.78, 5) is 15.3. The maximum absolute atomic E-state index is 13.6. The van der Waals surface area contributed by atoms with Gasteiger partial charge in [0.15, 0.2) is 0 Å². The van der Waals surface area contributed by atoms with Crippen molar-refractivity contribution < 1.29 is 18.3 Å². The summed E-state index contributed by atoms with van der Waals surface area (Å²) >= 11 is 0. The van der Waals surface area contributed by atoms with Crippen molar-refractivity contribution in [2.24, 2.45) is 0 Å². The minimum Gasteiger partial charge on any atom is -0.465 e. The van der Waals surface area contributed by atoms with Crippen LogP contribution < -0.4 is 0 Å². The Balaban J connectivity index is 2.48. The molecule has 5 heteroatoms. The average Bonchev–Trinajstić information content (AvgIpc) is 2.38. The smallest absolute Gasteiger partial charge is 0.337 e. The van der Waals surface area contributed by atoms with Gasteiger partial charge in [0.2, 0.25) is 0 Å². The Kier molecular flexibility index (Phi) is 3.32. The number of halogens is 2. The van der Waals surface area contributed by atoms with Crippen LogP contribution in [0.4, 0.5) is 8.78 Å². The zero-order chi connectivity index (χ0) is 13.1. The van der Waals surface area contributed by atoms with Crippen LogP contribution in [0, 0.1) is 11.6 Å². The first-order chi connectivity index (χ1) is 8.61. The van der Waals surface area contributed by atoms with E-state index >= 15 is 0 Å². The highest BCUT2D eigenvalue weighted by Crippen LogP contribution is 2.22. The molecule has 0 N–H and O–H groups in total. The van der Waals surface area contributed by atoms with Gasteiger partial charge in [0.05, 0.1) is 18.4 Å². The molecular formula is C13H9F2NO2. The molecule has 0 aliphatic rings. The summed E-state index contributed by atoms with van der Waals surface area (Å²) < 4.78 is 30.9. The Morgan fingerprint density at radius 1 is 1.22 bits per heavy atom. The van der Waals surface area contributed by atoms with Crippen molar-refractivity contribution in [2.75, 3.05) is 7.11 Å². The first-order valence-electron chi connectivity index (χ1n) is 5.11. The summed E-state index contributed by atoms with van der Waals surface area (Å²) in [5.41, 5.74) is 0.628. The number of hydrogen-bond donors (Lipinski definition) is 0. The third-order valence-corrected chi connectivity index (χ3v) is 2.39. The number of methoxy groups -OCH3 is 1. The van der Waals surface area contributed by atoms with Crippen LogP contribution in [0.15, 0.2) is 36.5 Å². The summed E-state index contributed by atoms with van der Waals surface area (Å²) in [7, 11) is 1.25. The SMILES string of the molecule is COC(=O)c1ccnc(-c2ccc(F)cc2F)c1. The van der Waals surface area contributed by atoms with E-state index in [0.29, 0.717) is 0 Å². The molecule has 2 rings (SSSR count). The molecule has 1 heterocycles. The number of carbonyl (C=O) groups is 1. The number of benzene rings is 1. The van der Waals surface area contributed by atoms with Crippen LogP contribution in [-0.4, -0.2) is 18.1 Å². The second-order valence-corrected chi connectivity index (χ2v) is 3.55. The second kappa shape index (κ2) is 4.91. The third kappa shape index (κ3) is 2.34. The lowest BCUT2D eigenvalue weighted by Gasteiger charge is -2.04. The van der Waals surface area contributed by atoms with E-state index in [1.807, 2.05) is 0 Å². The van der Waals surface area contributed by atoms with Gasteiger partial charge in [-0.2, -0.15) is 0 Å². The molecule has 1 aromatic heterocycles. The van der Waals surface area contributed by atoms with Crippen molar-refractivity contribution in [1.82, 2.24) is 4.98 Å². The Labute approximate surface area is 102 Å². The van der Waals surface area contributed by atoms with E-state index in [2.05, 4.69) is 9.72 Å². The Bertz CT molecular complexity index is 599. The van der Waals surface area contributed by atoms with E-state index in [-0.39, 0.29) is 16.8 Å². The van der Waals surface area contributed by atoms with Crippen molar-refractivity contribution in [3.8, 4) is 11.3 Å². The van der Waals surface area contributed by atoms with Gasteiger partial charge in [-0.15, -0.1) is 0 Å². The molecule has 0 spiro atoms. The summed E-state index contributed by atoms with van der Waals surface area (Å²) in [6.45, 7) is 0. The highest BCUT2D eigenvalue weighted by atomic mass is 19.1. The van der Waals surface area contributed by atoms with E-state index < -0.39 is 17.6 Å². The molecule has 0 fully saturated rings. The monoisotopic (exact) mass is 249 g/mol. The van der Waals surface area contributed by atoms with Crippen LogP contribution in [0.3, 0.4) is 0 Å². The zero-order valence-electron chi connectivity index (χ0n) is 9.48. The molecule has 0 radical (unpaired) electrons. The van der Waals surface area contributed by atoms with Crippen molar-refractivity contribution >= 4 is 5.97 Å². The van der Waals surface area contributed by atoms with Gasteiger partial charge in [-0.05, 0) is 24.3 Å². The standard InChI is InChI=1S/C13H9F2NO2/c1-18-13(17)8-4-5-16-12(6-8)10-3-2-9(14)7-11(10)15/h2-7H,1H3. The third-order valence-electron chi connectivity index (χ3n) is 2.39. The number of pyridine rings is 1. The second-order valence-electron chi connectivity index (χ2n) is 3.55. The topological polar surface area (TPSA) is 39.2 Å². The molecule has 0 aliphatic heterocycles. The predicted octanol–water partition coefficient (Wildman–Crippen LogP) is 2.81. The van der Waals surface area contributed by atoms with Crippen LogP contribution in [0.5, 0.6) is 0 Å². The molecule has 18 heavy (non-hydrogen) atoms. The number of esters is 1. The zero-order valence-corrected chi connectivity index (χ0v) is 9.48. The van der Waals surface area contributed by atoms with Crippen molar-refractivity contribution in [2.45, 2.75) is 0 Å². The number of aromatic nitrogens is 1. The fraction of sp³-hybridized carbons (Fsp3) is 0.0769. The number of rotatable bonds is 2. The van der Waals surface area contributed by atoms with E-state index in [1.54, 1.807) is 0 Å². The van der Waals surface area contributed by atoms with E-state index in [9.17, 15) is 13.6 Å². The maximum Gasteiger partial charge on any atom is 0.337 e. The maximum atomic E-state index is 13.6. The Morgan fingerprint density at radius 3 is 2.67 bits per heavy atom. The highest BCUT2D eigenvalue weighted by Gasteiger charge is 2.11. The first-order valence-corrected chi connectivity index (χ1v) is 5.11. The molecule has 0 bridgehead atoms. The average molecular weight is 249 g/mol. The van der Waals surface area contributed by atoms with Gasteiger partial charge in [-0.25, -0.2) is 13.6 Å². The van der Waals surface area contributed by atoms with Crippen LogP contribution in [-0.2, 0) is 4.74 Å². The van der Waals surface area contributed by atoms with Crippen molar-refractivity contribution in [1.29, 1.82) is 0 Å². The molecule has 0 atom stereocenters. The van der Waals surface area contributed by atoms with E-state index in [4.69, 9.17) is 0 Å². The molecule has 3 nitrogen and oxygen atoms in total. The molecule has 0 aliphatic carbocycles. The van der Waals surface area contributed by atoms with E-state index in [1.165, 1.54) is 31.5 Å². The number of ether oxygens (including phenoxy) is 1. The lowest BCUT2D eigenvalue weighted by atomic mass is 10.1. The lowest BCUT2D eigenvalue weighted by Crippen LogP contribution is -2.02. The van der Waals surface area contributed by atoms with Gasteiger partial charge in [-0.3, -0.25) is 4.98 Å². The molecular weight excluding hydrogens is 240 g/mol. The van der Waals surface area contributed by atoms with Gasteiger partial charge in [0, 0.05) is 17.8 Å². The molecule has 0 saturated heterocycles. The fourth-order valence-corrected chi connectivity index (χ4v) is 1.52. The predicted molar refractivity (Wildman–Crippen MR) is 60.9 cm³/mol. The minimum atomic E-state index is -0.732. The fourth-order valence-electron chi connectivity index (χ4n) is 1.52. The van der Waals surface area contributed by atoms with Crippen molar-refractivity contribution in [3.63, 3.8) is 0 Å². The summed E-state index contributed by atoms with van der Waals surface area (Å²) in [6, 6.07) is 6.01. The van der Waals surface area contributed by atoms with Gasteiger partial charge in [0.1, 0.15) is 11.6 Å². The van der Waals surface area contributed by atoms with Gasteiger partial charge in [-0.1, -0.05) is 0 Å². The number of carbonyl (C=O) groups excluding carboxylic acids is 1. The van der Waals surface area contributed by atoms with Crippen LogP contribution >= 0.6 is 0 Å². The van der Waals surface area contributed by atoms with Gasteiger partial charge >= 0.3 is 5.97 Å². The highest BCUT2D eigenvalue weighted by molar-refractivity contribution is 5.90. The summed E-state index contributed by atoms with van der Waals surface area (Å²) in [5.74, 6) is -1.94. The normalized spacial score (nSPS) is 10.2. The van der Waals surface area contributed by atoms with E-state index in [0.717, 1.165) is 12.1 Å². The Hall–Kier alpha value is -2.30. The number of hydrogen-bond acceptors (Lipinski definition) is 3. The molecule has 0 unspecified atom stereocenters. The molecule has 92 valence electrons. The largest absolute Gasteiger partial charge is 0.465 e. The van der Waals surface area contributed by atoms with Gasteiger partial charge < -0.3 is 4.74 Å². The summed E-state index contributed by atoms with van der Waals surface area (Å²) in [5, 5.41) is 0. The minimum absolute atomic E-state index is 0.127. The van der Waals surface area contributed by atoms with Crippen LogP contribution in [0.25, 0.3) is 11.3 Å². The lowest BCUT2D eigenvalue weighted by molar-refractivity contribution is 0.0600. The van der Waals surface area contributed by atoms with Crippen LogP contribution in [0.1, 0.15) is 10.4 Å². The molecule has 0 amide bonds. The van der Waals surface area contributed by atoms with Crippen LogP contribution in [0.2, 0.25) is 0 Å². The summed E-state index contributed by atoms with van der Waals surface area (Å²) in [6.07, 6.45) is 1.37. The number of nitrogens with zero attached hydrogens (tertiary/aromatic N) is 1. The quantitative estimate of drug-likeness (QED) is 0.768. The Morgan fingerprint density at radius 2 is 2.00 bits per heavy atom.